The molecular formula is C15H18N2O3S. The average molecular weight is 306 g/mol. The second-order valence-corrected chi connectivity index (χ2v) is 5.76. The first-order chi connectivity index (χ1) is 10.2. The Kier molecular flexibility index (Phi) is 5.83. The van der Waals surface area contributed by atoms with E-state index in [-0.39, 0.29) is 23.6 Å². The minimum atomic E-state index is -0.277. The minimum Gasteiger partial charge on any atom is -0.396 e. The summed E-state index contributed by atoms with van der Waals surface area (Å²) in [5.41, 5.74) is 0.776. The number of para-hydroxylation sites is 1. The molecule has 0 spiro atoms. The van der Waals surface area contributed by atoms with Crippen molar-refractivity contribution in [2.24, 2.45) is 0 Å². The van der Waals surface area contributed by atoms with Crippen LogP contribution in [0, 0.1) is 0 Å². The Morgan fingerprint density at radius 1 is 1.29 bits per heavy atom. The number of amides is 1. The second-order valence-electron chi connectivity index (χ2n) is 4.54. The Morgan fingerprint density at radius 3 is 2.90 bits per heavy atom. The monoisotopic (exact) mass is 306 g/mol. The third kappa shape index (κ3) is 4.34. The van der Waals surface area contributed by atoms with Gasteiger partial charge in [0.25, 0.3) is 5.91 Å². The third-order valence-corrected chi connectivity index (χ3v) is 4.03. The number of aliphatic hydroxyl groups is 1. The maximum Gasteiger partial charge on any atom is 0.267 e. The van der Waals surface area contributed by atoms with Gasteiger partial charge in [0, 0.05) is 35.9 Å². The SMILES string of the molecule is O=C(NCCSCCCO)c1cc(=O)c2ccccc2[nH]1. The smallest absolute Gasteiger partial charge is 0.267 e. The van der Waals surface area contributed by atoms with Crippen LogP contribution in [0.15, 0.2) is 35.1 Å². The van der Waals surface area contributed by atoms with Gasteiger partial charge in [-0.3, -0.25) is 9.59 Å². The summed E-state index contributed by atoms with van der Waals surface area (Å²) >= 11 is 1.67. The molecule has 0 saturated carbocycles. The molecule has 0 unspecified atom stereocenters. The summed E-state index contributed by atoms with van der Waals surface area (Å²) < 4.78 is 0. The van der Waals surface area contributed by atoms with E-state index in [9.17, 15) is 9.59 Å². The fourth-order valence-electron chi connectivity index (χ4n) is 1.92. The van der Waals surface area contributed by atoms with Gasteiger partial charge < -0.3 is 15.4 Å². The van der Waals surface area contributed by atoms with E-state index in [0.717, 1.165) is 17.9 Å². The quantitative estimate of drug-likeness (QED) is 0.675. The molecule has 6 heteroatoms. The van der Waals surface area contributed by atoms with Gasteiger partial charge in [0.1, 0.15) is 5.69 Å². The molecule has 21 heavy (non-hydrogen) atoms. The van der Waals surface area contributed by atoms with Crippen molar-refractivity contribution in [2.45, 2.75) is 6.42 Å². The summed E-state index contributed by atoms with van der Waals surface area (Å²) in [6.07, 6.45) is 0.761. The Morgan fingerprint density at radius 2 is 2.10 bits per heavy atom. The summed E-state index contributed by atoms with van der Waals surface area (Å²) in [6, 6.07) is 8.45. The number of benzene rings is 1. The van der Waals surface area contributed by atoms with Gasteiger partial charge in [0.2, 0.25) is 0 Å². The number of rotatable bonds is 7. The molecule has 0 bridgehead atoms. The number of hydrogen-bond acceptors (Lipinski definition) is 4. The summed E-state index contributed by atoms with van der Waals surface area (Å²) in [4.78, 5) is 26.9. The number of carbonyl (C=O) groups excluding carboxylic acids is 1. The molecule has 0 fully saturated rings. The number of aromatic amines is 1. The summed E-state index contributed by atoms with van der Waals surface area (Å²) in [5, 5.41) is 12.0. The fraction of sp³-hybridized carbons (Fsp3) is 0.333. The Bertz CT molecular complexity index is 669. The first kappa shape index (κ1) is 15.6. The molecule has 0 atom stereocenters. The van der Waals surface area contributed by atoms with Gasteiger partial charge in [-0.2, -0.15) is 11.8 Å². The lowest BCUT2D eigenvalue weighted by molar-refractivity contribution is 0.0951. The van der Waals surface area contributed by atoms with Crippen LogP contribution in [-0.2, 0) is 0 Å². The number of nitrogens with one attached hydrogen (secondary N) is 2. The van der Waals surface area contributed by atoms with Gasteiger partial charge in [0.15, 0.2) is 5.43 Å². The highest BCUT2D eigenvalue weighted by molar-refractivity contribution is 7.99. The highest BCUT2D eigenvalue weighted by Gasteiger charge is 2.08. The minimum absolute atomic E-state index is 0.160. The number of aliphatic hydroxyl groups excluding tert-OH is 1. The van der Waals surface area contributed by atoms with E-state index in [2.05, 4.69) is 10.3 Å². The molecule has 3 N–H and O–H groups in total. The molecule has 0 saturated heterocycles. The number of aromatic nitrogens is 1. The first-order valence-electron chi connectivity index (χ1n) is 6.81. The molecule has 0 radical (unpaired) electrons. The molecule has 2 aromatic rings. The van der Waals surface area contributed by atoms with E-state index in [0.29, 0.717) is 17.4 Å². The summed E-state index contributed by atoms with van der Waals surface area (Å²) in [5.74, 6) is 1.38. The van der Waals surface area contributed by atoms with Gasteiger partial charge in [-0.25, -0.2) is 0 Å². The van der Waals surface area contributed by atoms with Crippen LogP contribution in [-0.4, -0.2) is 40.7 Å². The van der Waals surface area contributed by atoms with E-state index < -0.39 is 0 Å². The molecule has 0 aliphatic carbocycles. The Hall–Kier alpha value is -1.79. The molecule has 1 aromatic heterocycles. The lowest BCUT2D eigenvalue weighted by atomic mass is 10.2. The molecule has 5 nitrogen and oxygen atoms in total. The van der Waals surface area contributed by atoms with E-state index in [1.54, 1.807) is 30.0 Å². The number of thioether (sulfide) groups is 1. The predicted molar refractivity (Wildman–Crippen MR) is 85.9 cm³/mol. The zero-order valence-electron chi connectivity index (χ0n) is 11.6. The molecule has 0 aliphatic rings. The van der Waals surface area contributed by atoms with Crippen molar-refractivity contribution in [3.8, 4) is 0 Å². The standard InChI is InChI=1S/C15H18N2O3S/c18-7-3-8-21-9-6-16-15(20)13-10-14(19)11-4-1-2-5-12(11)17-13/h1-2,4-5,10,18H,3,6-9H2,(H,16,20)(H,17,19). The highest BCUT2D eigenvalue weighted by atomic mass is 32.2. The number of hydrogen-bond donors (Lipinski definition) is 3. The first-order valence-corrected chi connectivity index (χ1v) is 7.96. The van der Waals surface area contributed by atoms with Crippen LogP contribution in [0.25, 0.3) is 10.9 Å². The van der Waals surface area contributed by atoms with E-state index >= 15 is 0 Å². The fourth-order valence-corrected chi connectivity index (χ4v) is 2.70. The van der Waals surface area contributed by atoms with Gasteiger partial charge in [0.05, 0.1) is 0 Å². The number of pyridine rings is 1. The zero-order chi connectivity index (χ0) is 15.1. The van der Waals surface area contributed by atoms with Crippen molar-refractivity contribution in [1.29, 1.82) is 0 Å². The molecule has 112 valence electrons. The predicted octanol–water partition coefficient (Wildman–Crippen LogP) is 1.37. The maximum absolute atomic E-state index is 12.0. The van der Waals surface area contributed by atoms with Crippen molar-refractivity contribution in [1.82, 2.24) is 10.3 Å². The van der Waals surface area contributed by atoms with Gasteiger partial charge in [-0.05, 0) is 24.3 Å². The zero-order valence-corrected chi connectivity index (χ0v) is 12.4. The van der Waals surface area contributed by atoms with Crippen LogP contribution in [0.1, 0.15) is 16.9 Å². The van der Waals surface area contributed by atoms with Gasteiger partial charge in [-0.1, -0.05) is 12.1 Å². The van der Waals surface area contributed by atoms with Crippen molar-refractivity contribution >= 4 is 28.6 Å². The van der Waals surface area contributed by atoms with E-state index in [1.807, 2.05) is 6.07 Å². The Labute approximate surface area is 126 Å². The molecule has 1 aromatic carbocycles. The van der Waals surface area contributed by atoms with Crippen LogP contribution >= 0.6 is 11.8 Å². The maximum atomic E-state index is 12.0. The molecule has 2 rings (SSSR count). The Balaban J connectivity index is 1.95. The van der Waals surface area contributed by atoms with E-state index in [4.69, 9.17) is 5.11 Å². The van der Waals surface area contributed by atoms with E-state index in [1.165, 1.54) is 6.07 Å². The molecule has 1 amide bonds. The third-order valence-electron chi connectivity index (χ3n) is 2.96. The van der Waals surface area contributed by atoms with Gasteiger partial charge in [-0.15, -0.1) is 0 Å². The second kappa shape index (κ2) is 7.85. The summed E-state index contributed by atoms with van der Waals surface area (Å²) in [7, 11) is 0. The topological polar surface area (TPSA) is 82.2 Å². The van der Waals surface area contributed by atoms with Crippen LogP contribution in [0.5, 0.6) is 0 Å². The largest absolute Gasteiger partial charge is 0.396 e. The molecular weight excluding hydrogens is 288 g/mol. The number of fused-ring (bicyclic) bond motifs is 1. The van der Waals surface area contributed by atoms with Crippen molar-refractivity contribution in [3.05, 3.63) is 46.2 Å². The number of H-pyrrole nitrogens is 1. The van der Waals surface area contributed by atoms with Crippen molar-refractivity contribution < 1.29 is 9.90 Å². The van der Waals surface area contributed by atoms with Crippen LogP contribution in [0.4, 0.5) is 0 Å². The lowest BCUT2D eigenvalue weighted by Crippen LogP contribution is -2.27. The average Bonchev–Trinajstić information content (AvgIpc) is 2.50. The highest BCUT2D eigenvalue weighted by Crippen LogP contribution is 2.07. The van der Waals surface area contributed by atoms with Crippen LogP contribution in [0.3, 0.4) is 0 Å². The number of carbonyl (C=O) groups is 1. The lowest BCUT2D eigenvalue weighted by Gasteiger charge is -2.06. The molecule has 0 aliphatic heterocycles. The van der Waals surface area contributed by atoms with Crippen LogP contribution in [0.2, 0.25) is 0 Å². The van der Waals surface area contributed by atoms with Crippen molar-refractivity contribution in [3.63, 3.8) is 0 Å². The normalized spacial score (nSPS) is 10.7. The molecule has 1 heterocycles. The van der Waals surface area contributed by atoms with Crippen molar-refractivity contribution in [2.75, 3.05) is 24.7 Å². The van der Waals surface area contributed by atoms with Crippen LogP contribution < -0.4 is 10.7 Å². The summed E-state index contributed by atoms with van der Waals surface area (Å²) in [6.45, 7) is 0.724. The van der Waals surface area contributed by atoms with Gasteiger partial charge >= 0.3 is 0 Å².